The smallest absolute Gasteiger partial charge is 0.231 e. The molecule has 1 N–H and O–H groups in total. The van der Waals surface area contributed by atoms with Gasteiger partial charge in [-0.25, -0.2) is 0 Å². The van der Waals surface area contributed by atoms with Crippen LogP contribution in [0.1, 0.15) is 24.5 Å². The first-order valence-electron chi connectivity index (χ1n) is 4.85. The minimum absolute atomic E-state index is 0.0625. The number of ketones is 1. The highest BCUT2D eigenvalue weighted by atomic mass is 16.2. The third-order valence-electron chi connectivity index (χ3n) is 1.91. The van der Waals surface area contributed by atoms with Crippen molar-refractivity contribution < 1.29 is 9.59 Å². The molecule has 1 rings (SSSR count). The molecule has 1 amide bonds. The van der Waals surface area contributed by atoms with E-state index >= 15 is 0 Å². The molecule has 80 valence electrons. The molecule has 0 unspecified atom stereocenters. The van der Waals surface area contributed by atoms with Crippen molar-refractivity contribution in [1.82, 2.24) is 0 Å². The van der Waals surface area contributed by atoms with Crippen LogP contribution in [0.4, 0.5) is 5.69 Å². The van der Waals surface area contributed by atoms with E-state index in [1.165, 1.54) is 6.92 Å². The largest absolute Gasteiger partial charge is 0.326 e. The molecular formula is C12H15NO2. The van der Waals surface area contributed by atoms with E-state index in [-0.39, 0.29) is 18.1 Å². The van der Waals surface area contributed by atoms with E-state index in [0.29, 0.717) is 0 Å². The van der Waals surface area contributed by atoms with Crippen molar-refractivity contribution in [3.8, 4) is 0 Å². The number of carbonyl (C=O) groups excluding carboxylic acids is 2. The lowest BCUT2D eigenvalue weighted by Gasteiger charge is -2.06. The number of hydrogen-bond donors (Lipinski definition) is 1. The Kier molecular flexibility index (Phi) is 3.61. The Labute approximate surface area is 89.5 Å². The summed E-state index contributed by atoms with van der Waals surface area (Å²) >= 11 is 0. The van der Waals surface area contributed by atoms with Gasteiger partial charge in [-0.3, -0.25) is 9.59 Å². The zero-order valence-corrected chi connectivity index (χ0v) is 9.26. The Morgan fingerprint density at radius 2 is 1.67 bits per heavy atom. The Bertz CT molecular complexity index is 376. The van der Waals surface area contributed by atoms with Gasteiger partial charge in [-0.2, -0.15) is 0 Å². The summed E-state index contributed by atoms with van der Waals surface area (Å²) in [6, 6.07) is 5.79. The number of hydrogen-bond acceptors (Lipinski definition) is 2. The molecule has 0 aromatic heterocycles. The van der Waals surface area contributed by atoms with Crippen molar-refractivity contribution in [3.63, 3.8) is 0 Å². The Hall–Kier alpha value is -1.64. The SMILES string of the molecule is CC(=O)CC(=O)Nc1cc(C)cc(C)c1. The number of nitrogens with one attached hydrogen (secondary N) is 1. The number of benzene rings is 1. The minimum Gasteiger partial charge on any atom is -0.326 e. The summed E-state index contributed by atoms with van der Waals surface area (Å²) < 4.78 is 0. The van der Waals surface area contributed by atoms with Crippen molar-refractivity contribution >= 4 is 17.4 Å². The van der Waals surface area contributed by atoms with E-state index in [2.05, 4.69) is 5.32 Å². The lowest BCUT2D eigenvalue weighted by Crippen LogP contribution is -2.14. The second kappa shape index (κ2) is 4.73. The van der Waals surface area contributed by atoms with Crippen molar-refractivity contribution in [3.05, 3.63) is 29.3 Å². The first kappa shape index (κ1) is 11.4. The van der Waals surface area contributed by atoms with Gasteiger partial charge in [0.1, 0.15) is 5.78 Å². The summed E-state index contributed by atoms with van der Waals surface area (Å²) in [5.74, 6) is -0.385. The average molecular weight is 205 g/mol. The molecule has 0 bridgehead atoms. The number of amides is 1. The van der Waals surface area contributed by atoms with E-state index in [1.54, 1.807) is 0 Å². The average Bonchev–Trinajstić information content (AvgIpc) is 1.98. The molecule has 0 saturated carbocycles. The van der Waals surface area contributed by atoms with Crippen molar-refractivity contribution in [1.29, 1.82) is 0 Å². The molecule has 0 atom stereocenters. The number of Topliss-reactive ketones (excluding diaryl/α,β-unsaturated/α-hetero) is 1. The molecule has 0 aliphatic carbocycles. The van der Waals surface area contributed by atoms with E-state index in [4.69, 9.17) is 0 Å². The highest BCUT2D eigenvalue weighted by Gasteiger charge is 2.05. The fourth-order valence-corrected chi connectivity index (χ4v) is 1.48. The predicted octanol–water partition coefficient (Wildman–Crippen LogP) is 2.22. The van der Waals surface area contributed by atoms with Gasteiger partial charge >= 0.3 is 0 Å². The van der Waals surface area contributed by atoms with Crippen LogP contribution in [-0.4, -0.2) is 11.7 Å². The van der Waals surface area contributed by atoms with Crippen LogP contribution >= 0.6 is 0 Å². The first-order chi connectivity index (χ1) is 6.97. The topological polar surface area (TPSA) is 46.2 Å². The molecule has 0 aliphatic heterocycles. The summed E-state index contributed by atoms with van der Waals surface area (Å²) in [7, 11) is 0. The summed E-state index contributed by atoms with van der Waals surface area (Å²) in [6.07, 6.45) is -0.0625. The molecule has 3 heteroatoms. The molecule has 1 aromatic carbocycles. The fraction of sp³-hybridized carbons (Fsp3) is 0.333. The molecule has 0 saturated heterocycles. The van der Waals surface area contributed by atoms with Crippen LogP contribution in [0.5, 0.6) is 0 Å². The molecule has 3 nitrogen and oxygen atoms in total. The quantitative estimate of drug-likeness (QED) is 0.769. The highest BCUT2D eigenvalue weighted by molar-refractivity contribution is 6.03. The van der Waals surface area contributed by atoms with Gasteiger partial charge < -0.3 is 5.32 Å². The highest BCUT2D eigenvalue weighted by Crippen LogP contribution is 2.13. The molecule has 0 aliphatic rings. The van der Waals surface area contributed by atoms with Gasteiger partial charge in [-0.15, -0.1) is 0 Å². The summed E-state index contributed by atoms with van der Waals surface area (Å²) in [5.41, 5.74) is 2.93. The van der Waals surface area contributed by atoms with Crippen LogP contribution in [0.25, 0.3) is 0 Å². The number of anilines is 1. The van der Waals surface area contributed by atoms with Crippen LogP contribution < -0.4 is 5.32 Å². The van der Waals surface area contributed by atoms with Gasteiger partial charge in [-0.1, -0.05) is 6.07 Å². The third-order valence-corrected chi connectivity index (χ3v) is 1.91. The van der Waals surface area contributed by atoms with Gasteiger partial charge in [0.25, 0.3) is 0 Å². The van der Waals surface area contributed by atoms with Crippen LogP contribution in [0.15, 0.2) is 18.2 Å². The number of aryl methyl sites for hydroxylation is 2. The minimum atomic E-state index is -0.257. The normalized spacial score (nSPS) is 9.80. The lowest BCUT2D eigenvalue weighted by molar-refractivity contribution is -0.124. The molecule has 1 aromatic rings. The van der Waals surface area contributed by atoms with Crippen LogP contribution in [0.3, 0.4) is 0 Å². The maximum absolute atomic E-state index is 11.3. The number of rotatable bonds is 3. The maximum Gasteiger partial charge on any atom is 0.231 e. The van der Waals surface area contributed by atoms with E-state index in [0.717, 1.165) is 16.8 Å². The molecule has 0 radical (unpaired) electrons. The van der Waals surface area contributed by atoms with Gasteiger partial charge in [0.2, 0.25) is 5.91 Å². The maximum atomic E-state index is 11.3. The van der Waals surface area contributed by atoms with E-state index in [9.17, 15) is 9.59 Å². The third kappa shape index (κ3) is 3.94. The van der Waals surface area contributed by atoms with E-state index in [1.807, 2.05) is 32.0 Å². The predicted molar refractivity (Wildman–Crippen MR) is 59.8 cm³/mol. The van der Waals surface area contributed by atoms with Gasteiger partial charge in [0, 0.05) is 5.69 Å². The zero-order chi connectivity index (χ0) is 11.4. The Balaban J connectivity index is 2.72. The van der Waals surface area contributed by atoms with Crippen molar-refractivity contribution in [2.75, 3.05) is 5.32 Å². The molecular weight excluding hydrogens is 190 g/mol. The van der Waals surface area contributed by atoms with Crippen LogP contribution in [0.2, 0.25) is 0 Å². The standard InChI is InChI=1S/C12H15NO2/c1-8-4-9(2)6-11(5-8)13-12(15)7-10(3)14/h4-6H,7H2,1-3H3,(H,13,15). The molecule has 0 fully saturated rings. The monoisotopic (exact) mass is 205 g/mol. The fourth-order valence-electron chi connectivity index (χ4n) is 1.48. The summed E-state index contributed by atoms with van der Waals surface area (Å²) in [4.78, 5) is 22.0. The Morgan fingerprint density at radius 3 is 2.13 bits per heavy atom. The Morgan fingerprint density at radius 1 is 1.13 bits per heavy atom. The van der Waals surface area contributed by atoms with Crippen LogP contribution in [0, 0.1) is 13.8 Å². The molecule has 15 heavy (non-hydrogen) atoms. The van der Waals surface area contributed by atoms with Crippen LogP contribution in [-0.2, 0) is 9.59 Å². The second-order valence-corrected chi connectivity index (χ2v) is 3.80. The number of carbonyl (C=O) groups is 2. The van der Waals surface area contributed by atoms with Gasteiger partial charge in [0.15, 0.2) is 0 Å². The first-order valence-corrected chi connectivity index (χ1v) is 4.85. The summed E-state index contributed by atoms with van der Waals surface area (Å²) in [5, 5.41) is 2.70. The van der Waals surface area contributed by atoms with Gasteiger partial charge in [0.05, 0.1) is 6.42 Å². The van der Waals surface area contributed by atoms with E-state index < -0.39 is 0 Å². The lowest BCUT2D eigenvalue weighted by atomic mass is 10.1. The summed E-state index contributed by atoms with van der Waals surface area (Å²) in [6.45, 7) is 5.34. The second-order valence-electron chi connectivity index (χ2n) is 3.80. The van der Waals surface area contributed by atoms with Gasteiger partial charge in [-0.05, 0) is 44.0 Å². The van der Waals surface area contributed by atoms with Crippen molar-refractivity contribution in [2.45, 2.75) is 27.2 Å². The molecule has 0 spiro atoms. The van der Waals surface area contributed by atoms with Crippen molar-refractivity contribution in [2.24, 2.45) is 0 Å². The molecule has 0 heterocycles. The zero-order valence-electron chi connectivity index (χ0n) is 9.26.